The molecule has 78 valence electrons. The highest BCUT2D eigenvalue weighted by atomic mass is 14.1. The summed E-state index contributed by atoms with van der Waals surface area (Å²) in [7, 11) is 0. The number of hydrogen-bond acceptors (Lipinski definition) is 0. The summed E-state index contributed by atoms with van der Waals surface area (Å²) in [6.45, 7) is 2.25. The molecule has 0 atom stereocenters. The SMILES string of the molecule is CCCC1=CCCC=C1c1ccccc1. The highest BCUT2D eigenvalue weighted by Gasteiger charge is 2.09. The summed E-state index contributed by atoms with van der Waals surface area (Å²) in [5.41, 5.74) is 4.37. The van der Waals surface area contributed by atoms with Crippen molar-refractivity contribution in [3.63, 3.8) is 0 Å². The fraction of sp³-hybridized carbons (Fsp3) is 0.333. The Bertz CT molecular complexity index is 368. The molecule has 0 amide bonds. The van der Waals surface area contributed by atoms with Gasteiger partial charge in [0.05, 0.1) is 0 Å². The van der Waals surface area contributed by atoms with E-state index in [1.807, 2.05) is 0 Å². The standard InChI is InChI=1S/C15H18/c1-2-8-13-11-6-7-12-15(13)14-9-4-3-5-10-14/h3-5,9-12H,2,6-8H2,1H3. The fourth-order valence-corrected chi connectivity index (χ4v) is 2.15. The minimum atomic E-state index is 1.19. The van der Waals surface area contributed by atoms with Crippen molar-refractivity contribution in [2.24, 2.45) is 0 Å². The van der Waals surface area contributed by atoms with Gasteiger partial charge in [0, 0.05) is 0 Å². The molecule has 1 aliphatic carbocycles. The summed E-state index contributed by atoms with van der Waals surface area (Å²) in [4.78, 5) is 0. The van der Waals surface area contributed by atoms with Crippen LogP contribution in [0.2, 0.25) is 0 Å². The van der Waals surface area contributed by atoms with E-state index in [2.05, 4.69) is 49.4 Å². The van der Waals surface area contributed by atoms with Crippen LogP contribution in [0.5, 0.6) is 0 Å². The van der Waals surface area contributed by atoms with Crippen LogP contribution in [0.25, 0.3) is 5.57 Å². The first-order valence-corrected chi connectivity index (χ1v) is 5.87. The number of allylic oxidation sites excluding steroid dienone is 4. The molecule has 0 heterocycles. The second-order valence-corrected chi connectivity index (χ2v) is 4.04. The molecule has 0 aliphatic heterocycles. The molecule has 1 aromatic rings. The van der Waals surface area contributed by atoms with Crippen LogP contribution in [0, 0.1) is 0 Å². The molecule has 15 heavy (non-hydrogen) atoms. The van der Waals surface area contributed by atoms with E-state index in [0.717, 1.165) is 0 Å². The number of hydrogen-bond donors (Lipinski definition) is 0. The van der Waals surface area contributed by atoms with Gasteiger partial charge in [0.15, 0.2) is 0 Å². The Morgan fingerprint density at radius 2 is 1.73 bits per heavy atom. The predicted octanol–water partition coefficient (Wildman–Crippen LogP) is 4.59. The summed E-state index contributed by atoms with van der Waals surface area (Å²) in [5, 5.41) is 0. The third-order valence-corrected chi connectivity index (χ3v) is 2.86. The number of rotatable bonds is 3. The van der Waals surface area contributed by atoms with E-state index in [4.69, 9.17) is 0 Å². The average molecular weight is 198 g/mol. The molecular formula is C15H18. The third-order valence-electron chi connectivity index (χ3n) is 2.86. The monoisotopic (exact) mass is 198 g/mol. The quantitative estimate of drug-likeness (QED) is 0.666. The lowest BCUT2D eigenvalue weighted by molar-refractivity contribution is 0.901. The van der Waals surface area contributed by atoms with Gasteiger partial charge in [-0.1, -0.05) is 55.8 Å². The van der Waals surface area contributed by atoms with Gasteiger partial charge in [-0.25, -0.2) is 0 Å². The molecule has 0 nitrogen and oxygen atoms in total. The average Bonchev–Trinajstić information content (AvgIpc) is 2.31. The Balaban J connectivity index is 2.27. The van der Waals surface area contributed by atoms with Crippen molar-refractivity contribution in [1.29, 1.82) is 0 Å². The van der Waals surface area contributed by atoms with Gasteiger partial charge in [0.2, 0.25) is 0 Å². The molecule has 0 N–H and O–H groups in total. The van der Waals surface area contributed by atoms with Crippen molar-refractivity contribution in [2.75, 3.05) is 0 Å². The lowest BCUT2D eigenvalue weighted by Crippen LogP contribution is -1.94. The molecule has 0 heteroatoms. The van der Waals surface area contributed by atoms with Gasteiger partial charge in [0.1, 0.15) is 0 Å². The Morgan fingerprint density at radius 3 is 2.47 bits per heavy atom. The first kappa shape index (κ1) is 10.2. The molecule has 0 unspecified atom stereocenters. The molecule has 0 radical (unpaired) electrons. The molecule has 0 aromatic heterocycles. The van der Waals surface area contributed by atoms with Gasteiger partial charge in [0.25, 0.3) is 0 Å². The van der Waals surface area contributed by atoms with Crippen LogP contribution in [0.4, 0.5) is 0 Å². The normalized spacial score (nSPS) is 15.8. The van der Waals surface area contributed by atoms with E-state index in [-0.39, 0.29) is 0 Å². The van der Waals surface area contributed by atoms with Crippen LogP contribution < -0.4 is 0 Å². The minimum Gasteiger partial charge on any atom is -0.0804 e. The van der Waals surface area contributed by atoms with Crippen molar-refractivity contribution in [3.05, 3.63) is 53.6 Å². The smallest absolute Gasteiger partial charge is 0.0185 e. The van der Waals surface area contributed by atoms with Crippen LogP contribution >= 0.6 is 0 Å². The zero-order valence-electron chi connectivity index (χ0n) is 9.37. The van der Waals surface area contributed by atoms with E-state index >= 15 is 0 Å². The Kier molecular flexibility index (Phi) is 3.39. The Morgan fingerprint density at radius 1 is 1.00 bits per heavy atom. The van der Waals surface area contributed by atoms with Crippen LogP contribution in [-0.2, 0) is 0 Å². The minimum absolute atomic E-state index is 1.19. The summed E-state index contributed by atoms with van der Waals surface area (Å²) >= 11 is 0. The van der Waals surface area contributed by atoms with Gasteiger partial charge >= 0.3 is 0 Å². The Hall–Kier alpha value is -1.30. The van der Waals surface area contributed by atoms with Gasteiger partial charge in [-0.15, -0.1) is 0 Å². The Labute approximate surface area is 92.3 Å². The van der Waals surface area contributed by atoms with Crippen molar-refractivity contribution < 1.29 is 0 Å². The van der Waals surface area contributed by atoms with E-state index < -0.39 is 0 Å². The van der Waals surface area contributed by atoms with Crippen molar-refractivity contribution in [3.8, 4) is 0 Å². The largest absolute Gasteiger partial charge is 0.0804 e. The van der Waals surface area contributed by atoms with Gasteiger partial charge in [-0.05, 0) is 36.0 Å². The van der Waals surface area contributed by atoms with Crippen LogP contribution in [0.3, 0.4) is 0 Å². The molecule has 0 bridgehead atoms. The first-order valence-electron chi connectivity index (χ1n) is 5.87. The predicted molar refractivity (Wildman–Crippen MR) is 66.6 cm³/mol. The zero-order valence-corrected chi connectivity index (χ0v) is 9.37. The maximum atomic E-state index is 2.41. The topological polar surface area (TPSA) is 0 Å². The number of benzene rings is 1. The zero-order chi connectivity index (χ0) is 10.5. The second-order valence-electron chi connectivity index (χ2n) is 4.04. The summed E-state index contributed by atoms with van der Waals surface area (Å²) < 4.78 is 0. The molecular weight excluding hydrogens is 180 g/mol. The second kappa shape index (κ2) is 4.97. The first-order chi connectivity index (χ1) is 7.42. The summed E-state index contributed by atoms with van der Waals surface area (Å²) in [6, 6.07) is 10.7. The maximum absolute atomic E-state index is 2.41. The molecule has 2 rings (SSSR count). The fourth-order valence-electron chi connectivity index (χ4n) is 2.15. The van der Waals surface area contributed by atoms with Crippen molar-refractivity contribution >= 4 is 5.57 Å². The van der Waals surface area contributed by atoms with Crippen molar-refractivity contribution in [1.82, 2.24) is 0 Å². The van der Waals surface area contributed by atoms with E-state index in [1.165, 1.54) is 42.4 Å². The van der Waals surface area contributed by atoms with Crippen LogP contribution in [0.1, 0.15) is 38.2 Å². The molecule has 0 saturated carbocycles. The van der Waals surface area contributed by atoms with E-state index in [0.29, 0.717) is 0 Å². The summed E-state index contributed by atoms with van der Waals surface area (Å²) in [5.74, 6) is 0. The lowest BCUT2D eigenvalue weighted by atomic mass is 9.89. The van der Waals surface area contributed by atoms with E-state index in [1.54, 1.807) is 0 Å². The molecule has 0 saturated heterocycles. The molecule has 1 aliphatic rings. The maximum Gasteiger partial charge on any atom is -0.0185 e. The van der Waals surface area contributed by atoms with E-state index in [9.17, 15) is 0 Å². The van der Waals surface area contributed by atoms with Gasteiger partial charge in [-0.3, -0.25) is 0 Å². The van der Waals surface area contributed by atoms with Crippen LogP contribution in [0.15, 0.2) is 48.1 Å². The van der Waals surface area contributed by atoms with Gasteiger partial charge < -0.3 is 0 Å². The van der Waals surface area contributed by atoms with Gasteiger partial charge in [-0.2, -0.15) is 0 Å². The molecule has 0 spiro atoms. The highest BCUT2D eigenvalue weighted by Crippen LogP contribution is 2.30. The third kappa shape index (κ3) is 2.38. The molecule has 1 aromatic carbocycles. The highest BCUT2D eigenvalue weighted by molar-refractivity contribution is 5.79. The molecule has 0 fully saturated rings. The van der Waals surface area contributed by atoms with Crippen molar-refractivity contribution in [2.45, 2.75) is 32.6 Å². The summed E-state index contributed by atoms with van der Waals surface area (Å²) in [6.07, 6.45) is 9.64. The lowest BCUT2D eigenvalue weighted by Gasteiger charge is -2.16. The van der Waals surface area contributed by atoms with Crippen LogP contribution in [-0.4, -0.2) is 0 Å².